The van der Waals surface area contributed by atoms with Gasteiger partial charge in [-0.25, -0.2) is 4.79 Å². The van der Waals surface area contributed by atoms with Gasteiger partial charge in [0.2, 0.25) is 0 Å². The molecular formula is C21H15NO5. The van der Waals surface area contributed by atoms with E-state index in [4.69, 9.17) is 9.57 Å². The third-order valence-corrected chi connectivity index (χ3v) is 4.25. The Bertz CT molecular complexity index is 1020. The smallest absolute Gasteiger partial charge is 0.336 e. The summed E-state index contributed by atoms with van der Waals surface area (Å²) < 4.78 is 5.58. The first kappa shape index (κ1) is 16.8. The number of benzene rings is 3. The highest BCUT2D eigenvalue weighted by Gasteiger charge is 2.38. The van der Waals surface area contributed by atoms with Crippen LogP contribution in [0.15, 0.2) is 66.7 Å². The van der Waals surface area contributed by atoms with Crippen molar-refractivity contribution >= 4 is 28.6 Å². The molecule has 0 fully saturated rings. The van der Waals surface area contributed by atoms with Crippen LogP contribution in [0.3, 0.4) is 0 Å². The average Bonchev–Trinajstić information content (AvgIpc) is 2.93. The number of hydrogen-bond donors (Lipinski definition) is 0. The van der Waals surface area contributed by atoms with E-state index in [1.807, 2.05) is 42.5 Å². The molecule has 0 radical (unpaired) electrons. The maximum atomic E-state index is 12.2. The van der Waals surface area contributed by atoms with Gasteiger partial charge in [0.25, 0.3) is 11.8 Å². The lowest BCUT2D eigenvalue weighted by Gasteiger charge is -2.13. The number of carbonyl (C=O) groups is 3. The number of carbonyl (C=O) groups excluding carboxylic acids is 3. The number of nitrogens with zero attached hydrogens (tertiary/aromatic N) is 1. The molecule has 0 saturated heterocycles. The van der Waals surface area contributed by atoms with Gasteiger partial charge in [-0.05, 0) is 35.0 Å². The van der Waals surface area contributed by atoms with Crippen molar-refractivity contribution in [2.45, 2.75) is 6.42 Å². The van der Waals surface area contributed by atoms with Crippen molar-refractivity contribution in [2.75, 3.05) is 6.61 Å². The number of fused-ring (bicyclic) bond motifs is 2. The molecule has 0 atom stereocenters. The average molecular weight is 361 g/mol. The summed E-state index contributed by atoms with van der Waals surface area (Å²) in [6.07, 6.45) is -0.0970. The van der Waals surface area contributed by atoms with Crippen molar-refractivity contribution in [3.63, 3.8) is 0 Å². The van der Waals surface area contributed by atoms with Crippen LogP contribution < -0.4 is 4.74 Å². The zero-order valence-corrected chi connectivity index (χ0v) is 14.3. The summed E-state index contributed by atoms with van der Waals surface area (Å²) in [4.78, 5) is 41.3. The minimum absolute atomic E-state index is 0.0698. The third-order valence-electron chi connectivity index (χ3n) is 4.25. The molecule has 27 heavy (non-hydrogen) atoms. The first-order chi connectivity index (χ1) is 13.1. The van der Waals surface area contributed by atoms with E-state index in [0.717, 1.165) is 10.8 Å². The summed E-state index contributed by atoms with van der Waals surface area (Å²) in [6.45, 7) is 0.0698. The fourth-order valence-corrected chi connectivity index (χ4v) is 2.91. The van der Waals surface area contributed by atoms with E-state index in [-0.39, 0.29) is 24.2 Å². The summed E-state index contributed by atoms with van der Waals surface area (Å²) >= 11 is 0. The van der Waals surface area contributed by atoms with Gasteiger partial charge < -0.3 is 9.57 Å². The Morgan fingerprint density at radius 3 is 2.15 bits per heavy atom. The van der Waals surface area contributed by atoms with Gasteiger partial charge in [-0.15, -0.1) is 0 Å². The van der Waals surface area contributed by atoms with Gasteiger partial charge in [0, 0.05) is 0 Å². The largest absolute Gasteiger partial charge is 0.493 e. The lowest BCUT2D eigenvalue weighted by Crippen LogP contribution is -2.33. The molecule has 0 unspecified atom stereocenters. The van der Waals surface area contributed by atoms with Crippen LogP contribution >= 0.6 is 0 Å². The molecular weight excluding hydrogens is 346 g/mol. The molecule has 2 amide bonds. The van der Waals surface area contributed by atoms with E-state index in [1.165, 1.54) is 12.1 Å². The Hall–Kier alpha value is -3.67. The molecule has 0 saturated carbocycles. The fraction of sp³-hybridized carbons (Fsp3) is 0.0952. The lowest BCUT2D eigenvalue weighted by molar-refractivity contribution is -0.169. The minimum atomic E-state index is -0.717. The highest BCUT2D eigenvalue weighted by Crippen LogP contribution is 2.23. The van der Waals surface area contributed by atoms with Crippen molar-refractivity contribution in [2.24, 2.45) is 0 Å². The molecule has 6 nitrogen and oxygen atoms in total. The van der Waals surface area contributed by atoms with E-state index in [1.54, 1.807) is 12.1 Å². The molecule has 1 aliphatic rings. The van der Waals surface area contributed by atoms with Gasteiger partial charge in [-0.3, -0.25) is 9.59 Å². The number of rotatable bonds is 5. The Morgan fingerprint density at radius 1 is 0.815 bits per heavy atom. The second kappa shape index (κ2) is 6.92. The third kappa shape index (κ3) is 3.25. The lowest BCUT2D eigenvalue weighted by atomic mass is 10.1. The van der Waals surface area contributed by atoms with Gasteiger partial charge in [0.1, 0.15) is 5.75 Å². The van der Waals surface area contributed by atoms with Crippen LogP contribution in [0.4, 0.5) is 0 Å². The van der Waals surface area contributed by atoms with Gasteiger partial charge in [0.05, 0.1) is 24.2 Å². The summed E-state index contributed by atoms with van der Waals surface area (Å²) in [6, 6.07) is 19.8. The monoisotopic (exact) mass is 361 g/mol. The van der Waals surface area contributed by atoms with Crippen LogP contribution in [-0.2, 0) is 9.63 Å². The Labute approximate surface area is 154 Å². The van der Waals surface area contributed by atoms with Gasteiger partial charge >= 0.3 is 5.97 Å². The summed E-state index contributed by atoms with van der Waals surface area (Å²) in [5.41, 5.74) is 0.449. The molecule has 0 bridgehead atoms. The van der Waals surface area contributed by atoms with Crippen LogP contribution in [0.1, 0.15) is 27.1 Å². The molecule has 3 aromatic rings. The van der Waals surface area contributed by atoms with Gasteiger partial charge in [0.15, 0.2) is 0 Å². The summed E-state index contributed by atoms with van der Waals surface area (Å²) in [7, 11) is 0. The molecule has 0 spiro atoms. The SMILES string of the molecule is O=C(CCOc1ccc2ccccc2c1)ON1C(=O)c2ccccc2C1=O. The molecule has 0 N–H and O–H groups in total. The predicted molar refractivity (Wildman–Crippen MR) is 97.1 cm³/mol. The highest BCUT2D eigenvalue weighted by molar-refractivity contribution is 6.20. The molecule has 0 aromatic heterocycles. The van der Waals surface area contributed by atoms with Crippen molar-refractivity contribution in [3.8, 4) is 5.75 Å². The normalized spacial score (nSPS) is 13.0. The van der Waals surface area contributed by atoms with Crippen LogP contribution in [0.25, 0.3) is 10.8 Å². The molecule has 1 aliphatic heterocycles. The molecule has 6 heteroatoms. The van der Waals surface area contributed by atoms with Crippen molar-refractivity contribution < 1.29 is 24.0 Å². The van der Waals surface area contributed by atoms with E-state index < -0.39 is 17.8 Å². The first-order valence-corrected chi connectivity index (χ1v) is 8.44. The number of hydrogen-bond acceptors (Lipinski definition) is 5. The quantitative estimate of drug-likeness (QED) is 0.652. The van der Waals surface area contributed by atoms with E-state index >= 15 is 0 Å². The van der Waals surface area contributed by atoms with Gasteiger partial charge in [-0.1, -0.05) is 47.5 Å². The second-order valence-corrected chi connectivity index (χ2v) is 6.02. The zero-order chi connectivity index (χ0) is 18.8. The van der Waals surface area contributed by atoms with Gasteiger partial charge in [-0.2, -0.15) is 0 Å². The van der Waals surface area contributed by atoms with Crippen LogP contribution in [0.2, 0.25) is 0 Å². The Morgan fingerprint density at radius 2 is 1.44 bits per heavy atom. The summed E-state index contributed by atoms with van der Waals surface area (Å²) in [5.74, 6) is -1.37. The summed E-state index contributed by atoms with van der Waals surface area (Å²) in [5, 5.41) is 2.63. The highest BCUT2D eigenvalue weighted by atomic mass is 16.7. The maximum absolute atomic E-state index is 12.2. The minimum Gasteiger partial charge on any atom is -0.493 e. The molecule has 4 rings (SSSR count). The second-order valence-electron chi connectivity index (χ2n) is 6.02. The van der Waals surface area contributed by atoms with Crippen LogP contribution in [-0.4, -0.2) is 29.5 Å². The van der Waals surface area contributed by atoms with E-state index in [0.29, 0.717) is 10.8 Å². The van der Waals surface area contributed by atoms with E-state index in [9.17, 15) is 14.4 Å². The first-order valence-electron chi connectivity index (χ1n) is 8.44. The number of ether oxygens (including phenoxy) is 1. The standard InChI is InChI=1S/C21H15NO5/c23-19(27-22-20(24)17-7-3-4-8-18(17)21(22)25)11-12-26-16-10-9-14-5-1-2-6-15(14)13-16/h1-10,13H,11-12H2. The number of imide groups is 1. The van der Waals surface area contributed by atoms with E-state index in [2.05, 4.69) is 0 Å². The topological polar surface area (TPSA) is 72.9 Å². The predicted octanol–water partition coefficient (Wildman–Crippen LogP) is 3.36. The number of amides is 2. The fourth-order valence-electron chi connectivity index (χ4n) is 2.91. The molecule has 3 aromatic carbocycles. The van der Waals surface area contributed by atoms with Crippen LogP contribution in [0.5, 0.6) is 5.75 Å². The van der Waals surface area contributed by atoms with Crippen LogP contribution in [0, 0.1) is 0 Å². The van der Waals surface area contributed by atoms with Crippen molar-refractivity contribution in [1.82, 2.24) is 5.06 Å². The van der Waals surface area contributed by atoms with Crippen molar-refractivity contribution in [3.05, 3.63) is 77.9 Å². The molecule has 1 heterocycles. The van der Waals surface area contributed by atoms with Crippen molar-refractivity contribution in [1.29, 1.82) is 0 Å². The maximum Gasteiger partial charge on any atom is 0.336 e. The number of hydroxylamine groups is 2. The molecule has 0 aliphatic carbocycles. The zero-order valence-electron chi connectivity index (χ0n) is 14.3. The Balaban J connectivity index is 1.33. The Kier molecular flexibility index (Phi) is 4.30. The molecule has 134 valence electrons.